The van der Waals surface area contributed by atoms with E-state index in [0.29, 0.717) is 41.5 Å². The summed E-state index contributed by atoms with van der Waals surface area (Å²) in [6.07, 6.45) is 5.11. The molecule has 0 amide bonds. The molecule has 37 heavy (non-hydrogen) atoms. The molecule has 2 N–H and O–H groups in total. The van der Waals surface area contributed by atoms with Gasteiger partial charge < -0.3 is 4.98 Å². The minimum atomic E-state index is -2.62. The summed E-state index contributed by atoms with van der Waals surface area (Å²) < 4.78 is 27.2. The lowest BCUT2D eigenvalue weighted by Gasteiger charge is -2.15. The summed E-state index contributed by atoms with van der Waals surface area (Å²) in [7, 11) is 0. The van der Waals surface area contributed by atoms with Crippen LogP contribution in [0.4, 0.5) is 8.78 Å². The fourth-order valence-electron chi connectivity index (χ4n) is 4.81. The van der Waals surface area contributed by atoms with E-state index in [0.717, 1.165) is 33.3 Å². The van der Waals surface area contributed by atoms with Crippen molar-refractivity contribution in [2.45, 2.75) is 18.9 Å². The average Bonchev–Trinajstić information content (AvgIpc) is 3.69. The Bertz CT molecular complexity index is 1740. The number of thiophene rings is 1. The quantitative estimate of drug-likeness (QED) is 0.314. The highest BCUT2D eigenvalue weighted by Crippen LogP contribution is 2.32. The number of hydrogen-bond acceptors (Lipinski definition) is 7. The summed E-state index contributed by atoms with van der Waals surface area (Å²) in [5.41, 5.74) is 7.96. The number of aromatic nitrogens is 7. The van der Waals surface area contributed by atoms with Crippen molar-refractivity contribution in [1.82, 2.24) is 40.0 Å². The number of fused-ring (bicyclic) bond motifs is 2. The van der Waals surface area contributed by atoms with Crippen LogP contribution in [0.25, 0.3) is 56.1 Å². The van der Waals surface area contributed by atoms with Crippen molar-refractivity contribution in [2.24, 2.45) is 0 Å². The van der Waals surface area contributed by atoms with Crippen LogP contribution < -0.4 is 0 Å². The first-order valence-corrected chi connectivity index (χ1v) is 12.7. The fourth-order valence-corrected chi connectivity index (χ4v) is 5.47. The van der Waals surface area contributed by atoms with Gasteiger partial charge in [-0.15, -0.1) is 0 Å². The van der Waals surface area contributed by atoms with Gasteiger partial charge in [0, 0.05) is 49.2 Å². The zero-order valence-electron chi connectivity index (χ0n) is 19.4. The molecule has 0 aliphatic carbocycles. The zero-order valence-corrected chi connectivity index (χ0v) is 20.3. The van der Waals surface area contributed by atoms with Gasteiger partial charge in [0.1, 0.15) is 11.0 Å². The van der Waals surface area contributed by atoms with E-state index in [1.54, 1.807) is 34.8 Å². The summed E-state index contributed by atoms with van der Waals surface area (Å²) in [5, 5.41) is 11.6. The number of pyridine rings is 3. The maximum atomic E-state index is 13.6. The van der Waals surface area contributed by atoms with Gasteiger partial charge in [-0.3, -0.25) is 15.0 Å². The molecule has 0 bridgehead atoms. The van der Waals surface area contributed by atoms with E-state index in [9.17, 15) is 8.78 Å². The van der Waals surface area contributed by atoms with Crippen molar-refractivity contribution in [1.29, 1.82) is 0 Å². The Morgan fingerprint density at radius 1 is 1.05 bits per heavy atom. The van der Waals surface area contributed by atoms with E-state index in [2.05, 4.69) is 36.6 Å². The van der Waals surface area contributed by atoms with Gasteiger partial charge in [0.15, 0.2) is 17.2 Å². The molecule has 0 saturated carbocycles. The van der Waals surface area contributed by atoms with Crippen LogP contribution >= 0.6 is 11.3 Å². The van der Waals surface area contributed by atoms with Gasteiger partial charge in [-0.2, -0.15) is 16.4 Å². The predicted molar refractivity (Wildman–Crippen MR) is 138 cm³/mol. The molecular weight excluding hydrogens is 494 g/mol. The Morgan fingerprint density at radius 2 is 2.00 bits per heavy atom. The minimum absolute atomic E-state index is 0.103. The van der Waals surface area contributed by atoms with Gasteiger partial charge in [0.2, 0.25) is 0 Å². The van der Waals surface area contributed by atoms with Gasteiger partial charge in [0.05, 0.1) is 17.8 Å². The second-order valence-corrected chi connectivity index (χ2v) is 10.00. The van der Waals surface area contributed by atoms with Gasteiger partial charge >= 0.3 is 0 Å². The van der Waals surface area contributed by atoms with Crippen molar-refractivity contribution >= 4 is 33.5 Å². The topological polar surface area (TPSA) is 99.3 Å². The largest absolute Gasteiger partial charge is 0.321 e. The van der Waals surface area contributed by atoms with Crippen LogP contribution in [0, 0.1) is 0 Å². The number of nitrogens with zero attached hydrogens (tertiary/aromatic N) is 6. The molecule has 184 valence electrons. The van der Waals surface area contributed by atoms with Crippen LogP contribution in [0.3, 0.4) is 0 Å². The third kappa shape index (κ3) is 4.05. The van der Waals surface area contributed by atoms with Crippen LogP contribution in [0.15, 0.2) is 59.7 Å². The molecule has 0 radical (unpaired) electrons. The minimum Gasteiger partial charge on any atom is -0.321 e. The number of nitrogens with one attached hydrogen (secondary N) is 2. The molecule has 0 spiro atoms. The van der Waals surface area contributed by atoms with Crippen molar-refractivity contribution in [3.63, 3.8) is 0 Å². The van der Waals surface area contributed by atoms with Gasteiger partial charge in [-0.25, -0.2) is 23.7 Å². The average molecular weight is 515 g/mol. The van der Waals surface area contributed by atoms with Gasteiger partial charge in [-0.1, -0.05) is 0 Å². The van der Waals surface area contributed by atoms with Crippen LogP contribution in [-0.4, -0.2) is 59.0 Å². The highest BCUT2D eigenvalue weighted by Gasteiger charge is 2.37. The molecule has 1 aliphatic heterocycles. The molecule has 1 aliphatic rings. The predicted octanol–water partition coefficient (Wildman–Crippen LogP) is 5.53. The van der Waals surface area contributed by atoms with Gasteiger partial charge in [-0.05, 0) is 52.2 Å². The van der Waals surface area contributed by atoms with E-state index in [-0.39, 0.29) is 13.0 Å². The van der Waals surface area contributed by atoms with Gasteiger partial charge in [0.25, 0.3) is 5.92 Å². The number of halogens is 2. The molecule has 0 aromatic carbocycles. The van der Waals surface area contributed by atoms with E-state index >= 15 is 0 Å². The molecule has 0 unspecified atom stereocenters. The van der Waals surface area contributed by atoms with Crippen LogP contribution in [0.5, 0.6) is 0 Å². The summed E-state index contributed by atoms with van der Waals surface area (Å²) in [4.78, 5) is 23.6. The Morgan fingerprint density at radius 3 is 2.84 bits per heavy atom. The maximum absolute atomic E-state index is 13.6. The van der Waals surface area contributed by atoms with E-state index in [1.165, 1.54) is 0 Å². The van der Waals surface area contributed by atoms with Crippen LogP contribution in [0.1, 0.15) is 12.0 Å². The lowest BCUT2D eigenvalue weighted by atomic mass is 10.1. The number of imidazole rings is 1. The smallest absolute Gasteiger partial charge is 0.261 e. The lowest BCUT2D eigenvalue weighted by molar-refractivity contribution is 0.0115. The van der Waals surface area contributed by atoms with Crippen molar-refractivity contribution in [3.8, 4) is 33.9 Å². The number of H-pyrrole nitrogens is 2. The van der Waals surface area contributed by atoms with Crippen molar-refractivity contribution in [2.75, 3.05) is 13.1 Å². The number of rotatable bonds is 5. The lowest BCUT2D eigenvalue weighted by Crippen LogP contribution is -2.24. The molecule has 7 heterocycles. The molecule has 7 rings (SSSR count). The molecule has 6 aromatic heterocycles. The summed E-state index contributed by atoms with van der Waals surface area (Å²) in [5.74, 6) is -2.05. The third-order valence-electron chi connectivity index (χ3n) is 6.59. The SMILES string of the molecule is FC1(F)CCN(Cc2cncc(-c3ccc4[nH]nc(-c5nc6c(-c7ccsc7)ccnc6[nH]5)c4n3)c2)C1. The molecule has 8 nitrogen and oxygen atoms in total. The Hall–Kier alpha value is -4.09. The highest BCUT2D eigenvalue weighted by molar-refractivity contribution is 7.08. The Kier molecular flexibility index (Phi) is 5.08. The first-order chi connectivity index (χ1) is 18.0. The third-order valence-corrected chi connectivity index (χ3v) is 7.28. The number of hydrogen-bond donors (Lipinski definition) is 2. The van der Waals surface area contributed by atoms with Crippen molar-refractivity contribution in [3.05, 3.63) is 65.2 Å². The van der Waals surface area contributed by atoms with E-state index in [4.69, 9.17) is 9.97 Å². The highest BCUT2D eigenvalue weighted by atomic mass is 32.1. The Labute approximate surface area is 213 Å². The standard InChI is InChI=1S/C26H20F2N8S/c27-26(28)5-7-36(14-26)12-15-9-17(11-29-10-15)19-1-2-20-22(31-19)23(35-34-20)25-32-21-18(16-4-8-37-13-16)3-6-30-24(21)33-25/h1-4,6,8-11,13H,5,7,12,14H2,(H,34,35)(H,30,32,33). The zero-order chi connectivity index (χ0) is 25.0. The molecule has 0 atom stereocenters. The first-order valence-electron chi connectivity index (χ1n) is 11.8. The molecule has 1 saturated heterocycles. The normalized spacial score (nSPS) is 15.7. The first kappa shape index (κ1) is 22.1. The molecule has 1 fully saturated rings. The Balaban J connectivity index is 1.24. The maximum Gasteiger partial charge on any atom is 0.261 e. The summed E-state index contributed by atoms with van der Waals surface area (Å²) >= 11 is 1.63. The number of aromatic amines is 2. The monoisotopic (exact) mass is 514 g/mol. The summed E-state index contributed by atoms with van der Waals surface area (Å²) in [6, 6.07) is 9.78. The van der Waals surface area contributed by atoms with E-state index < -0.39 is 5.92 Å². The fraction of sp³-hybridized carbons (Fsp3) is 0.192. The second-order valence-electron chi connectivity index (χ2n) is 9.22. The molecular formula is C26H20F2N8S. The van der Waals surface area contributed by atoms with Crippen molar-refractivity contribution < 1.29 is 8.78 Å². The number of likely N-dealkylation sites (tertiary alicyclic amines) is 1. The van der Waals surface area contributed by atoms with Crippen LogP contribution in [-0.2, 0) is 6.54 Å². The van der Waals surface area contributed by atoms with E-state index in [1.807, 2.05) is 29.6 Å². The van der Waals surface area contributed by atoms with Crippen LogP contribution in [0.2, 0.25) is 0 Å². The summed E-state index contributed by atoms with van der Waals surface area (Å²) in [6.45, 7) is 0.578. The number of alkyl halides is 2. The molecule has 6 aromatic rings. The second kappa shape index (κ2) is 8.49. The molecule has 11 heteroatoms.